The minimum atomic E-state index is 0.270. The molecular formula is C44H29N3. The topological polar surface area (TPSA) is 29.0 Å². The van der Waals surface area contributed by atoms with Crippen LogP contribution < -0.4 is 4.90 Å². The molecule has 8 aromatic rings. The van der Waals surface area contributed by atoms with E-state index < -0.39 is 0 Å². The predicted molar refractivity (Wildman–Crippen MR) is 196 cm³/mol. The molecule has 3 heteroatoms. The van der Waals surface area contributed by atoms with Crippen LogP contribution in [0.4, 0.5) is 11.4 Å². The largest absolute Gasteiger partial charge is 0.333 e. The van der Waals surface area contributed by atoms with E-state index in [0.717, 1.165) is 33.1 Å². The summed E-state index contributed by atoms with van der Waals surface area (Å²) in [4.78, 5) is 12.9. The monoisotopic (exact) mass is 599 g/mol. The normalized spacial score (nSPS) is 16.7. The molecule has 0 N–H and O–H groups in total. The van der Waals surface area contributed by atoms with Crippen LogP contribution in [0.1, 0.15) is 11.5 Å². The van der Waals surface area contributed by atoms with Crippen molar-refractivity contribution in [1.29, 1.82) is 0 Å². The minimum absolute atomic E-state index is 0.270. The summed E-state index contributed by atoms with van der Waals surface area (Å²) in [6.45, 7) is 0. The highest BCUT2D eigenvalue weighted by Gasteiger charge is 2.37. The van der Waals surface area contributed by atoms with E-state index in [2.05, 4.69) is 163 Å². The molecule has 0 radical (unpaired) electrons. The Morgan fingerprint density at radius 3 is 1.94 bits per heavy atom. The van der Waals surface area contributed by atoms with Crippen LogP contribution in [0.25, 0.3) is 65.7 Å². The minimum Gasteiger partial charge on any atom is -0.333 e. The van der Waals surface area contributed by atoms with E-state index in [0.29, 0.717) is 5.92 Å². The molecule has 2 heterocycles. The van der Waals surface area contributed by atoms with Gasteiger partial charge in [0.25, 0.3) is 0 Å². The third kappa shape index (κ3) is 3.93. The van der Waals surface area contributed by atoms with Crippen molar-refractivity contribution in [2.24, 2.45) is 0 Å². The van der Waals surface area contributed by atoms with Gasteiger partial charge in [0.05, 0.1) is 29.0 Å². The van der Waals surface area contributed by atoms with E-state index in [1.54, 1.807) is 0 Å². The van der Waals surface area contributed by atoms with Gasteiger partial charge in [0.2, 0.25) is 0 Å². The molecule has 0 saturated heterocycles. The molecule has 47 heavy (non-hydrogen) atoms. The van der Waals surface area contributed by atoms with E-state index in [1.807, 2.05) is 6.20 Å². The Hall–Kier alpha value is -6.06. The number of anilines is 2. The molecular weight excluding hydrogens is 571 g/mol. The van der Waals surface area contributed by atoms with Crippen molar-refractivity contribution in [2.45, 2.75) is 12.0 Å². The molecule has 220 valence electrons. The SMILES string of the molecule is C1=CC2c3cc(-c4cccc5c(-c6cnc7c8ccccc8c8ccccc8c7n6)cccc45)ccc3N(c3ccccc3)C2C=C1. The van der Waals surface area contributed by atoms with Crippen LogP contribution in [0.2, 0.25) is 0 Å². The second kappa shape index (κ2) is 10.2. The van der Waals surface area contributed by atoms with Crippen LogP contribution in [-0.2, 0) is 0 Å². The van der Waals surface area contributed by atoms with Gasteiger partial charge < -0.3 is 4.90 Å². The number of rotatable bonds is 3. The van der Waals surface area contributed by atoms with E-state index in [1.165, 1.54) is 49.6 Å². The number of aromatic nitrogens is 2. The Kier molecular flexibility index (Phi) is 5.70. The summed E-state index contributed by atoms with van der Waals surface area (Å²) >= 11 is 0. The summed E-state index contributed by atoms with van der Waals surface area (Å²) in [6.07, 6.45) is 11.0. The molecule has 1 aliphatic carbocycles. The fraction of sp³-hybridized carbons (Fsp3) is 0.0455. The quantitative estimate of drug-likeness (QED) is 0.189. The average molecular weight is 600 g/mol. The highest BCUT2D eigenvalue weighted by Crippen LogP contribution is 2.49. The molecule has 0 amide bonds. The van der Waals surface area contributed by atoms with Crippen molar-refractivity contribution in [2.75, 3.05) is 4.90 Å². The van der Waals surface area contributed by atoms with Gasteiger partial charge >= 0.3 is 0 Å². The van der Waals surface area contributed by atoms with Gasteiger partial charge in [-0.25, -0.2) is 4.98 Å². The Morgan fingerprint density at radius 1 is 0.511 bits per heavy atom. The molecule has 1 aliphatic heterocycles. The standard InChI is InChI=1S/C44H29N3/c1-2-12-29(13-3-1)47-41-23-9-8-16-36(41)39-26-28(24-25-42(39)47)30-19-10-21-32-31(30)20-11-22-35(32)40-27-45-43-37-17-6-4-14-33(37)34-15-5-7-18-38(34)44(43)46-40/h1-27,36,41H. The summed E-state index contributed by atoms with van der Waals surface area (Å²) in [5.41, 5.74) is 10.2. The number of hydrogen-bond acceptors (Lipinski definition) is 3. The second-order valence-electron chi connectivity index (χ2n) is 12.5. The molecule has 0 spiro atoms. The van der Waals surface area contributed by atoms with Crippen LogP contribution in [0.15, 0.2) is 164 Å². The Labute approximate surface area is 272 Å². The first-order chi connectivity index (χ1) is 23.3. The molecule has 2 atom stereocenters. The first-order valence-electron chi connectivity index (χ1n) is 16.3. The first-order valence-corrected chi connectivity index (χ1v) is 16.3. The van der Waals surface area contributed by atoms with Crippen molar-refractivity contribution >= 4 is 54.7 Å². The molecule has 0 bridgehead atoms. The highest BCUT2D eigenvalue weighted by molar-refractivity contribution is 6.23. The number of nitrogens with zero attached hydrogens (tertiary/aromatic N) is 3. The van der Waals surface area contributed by atoms with Gasteiger partial charge in [-0.05, 0) is 62.5 Å². The Morgan fingerprint density at radius 2 is 1.15 bits per heavy atom. The summed E-state index contributed by atoms with van der Waals surface area (Å²) in [5, 5.41) is 7.06. The van der Waals surface area contributed by atoms with Crippen molar-refractivity contribution in [3.63, 3.8) is 0 Å². The van der Waals surface area contributed by atoms with Crippen LogP contribution in [-0.4, -0.2) is 16.0 Å². The Balaban J connectivity index is 1.13. The van der Waals surface area contributed by atoms with Gasteiger partial charge in [0.15, 0.2) is 0 Å². The summed E-state index contributed by atoms with van der Waals surface area (Å²) < 4.78 is 0. The van der Waals surface area contributed by atoms with E-state index >= 15 is 0 Å². The summed E-state index contributed by atoms with van der Waals surface area (Å²) in [7, 11) is 0. The zero-order valence-corrected chi connectivity index (χ0v) is 25.6. The van der Waals surface area contributed by atoms with E-state index in [4.69, 9.17) is 9.97 Å². The molecule has 2 aliphatic rings. The van der Waals surface area contributed by atoms with Crippen molar-refractivity contribution in [1.82, 2.24) is 9.97 Å². The lowest BCUT2D eigenvalue weighted by Crippen LogP contribution is -2.28. The second-order valence-corrected chi connectivity index (χ2v) is 12.5. The first kappa shape index (κ1) is 26.2. The molecule has 2 unspecified atom stereocenters. The fourth-order valence-corrected chi connectivity index (χ4v) is 7.94. The van der Waals surface area contributed by atoms with Crippen LogP contribution in [0.3, 0.4) is 0 Å². The van der Waals surface area contributed by atoms with Gasteiger partial charge in [0, 0.05) is 33.6 Å². The van der Waals surface area contributed by atoms with Gasteiger partial charge in [-0.1, -0.05) is 133 Å². The molecule has 1 aromatic heterocycles. The summed E-state index contributed by atoms with van der Waals surface area (Å²) in [6, 6.07) is 48.3. The maximum Gasteiger partial charge on any atom is 0.0979 e. The number of allylic oxidation sites excluding steroid dienone is 2. The van der Waals surface area contributed by atoms with Crippen LogP contribution in [0, 0.1) is 0 Å². The third-order valence-electron chi connectivity index (χ3n) is 10.0. The van der Waals surface area contributed by atoms with Gasteiger partial charge in [-0.3, -0.25) is 4.98 Å². The van der Waals surface area contributed by atoms with E-state index in [-0.39, 0.29) is 6.04 Å². The fourth-order valence-electron chi connectivity index (χ4n) is 7.94. The molecule has 3 nitrogen and oxygen atoms in total. The number of benzene rings is 7. The maximum absolute atomic E-state index is 5.32. The van der Waals surface area contributed by atoms with Gasteiger partial charge in [-0.15, -0.1) is 0 Å². The lowest BCUT2D eigenvalue weighted by atomic mass is 9.88. The number of hydrogen-bond donors (Lipinski definition) is 0. The molecule has 7 aromatic carbocycles. The molecule has 0 saturated carbocycles. The average Bonchev–Trinajstić information content (AvgIpc) is 3.48. The van der Waals surface area contributed by atoms with Crippen LogP contribution >= 0.6 is 0 Å². The summed E-state index contributed by atoms with van der Waals surface area (Å²) in [5.74, 6) is 0.305. The number of para-hydroxylation sites is 1. The number of fused-ring (bicyclic) bond motifs is 10. The lowest BCUT2D eigenvalue weighted by molar-refractivity contribution is 0.745. The van der Waals surface area contributed by atoms with E-state index in [9.17, 15) is 0 Å². The molecule has 0 fully saturated rings. The Bertz CT molecular complexity index is 2560. The molecule has 10 rings (SSSR count). The van der Waals surface area contributed by atoms with Crippen molar-refractivity contribution < 1.29 is 0 Å². The van der Waals surface area contributed by atoms with Crippen molar-refractivity contribution in [3.05, 3.63) is 170 Å². The van der Waals surface area contributed by atoms with Gasteiger partial charge in [0.1, 0.15) is 0 Å². The highest BCUT2D eigenvalue weighted by atomic mass is 15.2. The maximum atomic E-state index is 5.32. The van der Waals surface area contributed by atoms with Crippen molar-refractivity contribution in [3.8, 4) is 22.4 Å². The van der Waals surface area contributed by atoms with Crippen LogP contribution in [0.5, 0.6) is 0 Å². The lowest BCUT2D eigenvalue weighted by Gasteiger charge is -2.28. The predicted octanol–water partition coefficient (Wildman–Crippen LogP) is 11.2. The zero-order valence-electron chi connectivity index (χ0n) is 25.6. The smallest absolute Gasteiger partial charge is 0.0979 e. The third-order valence-corrected chi connectivity index (χ3v) is 10.0. The zero-order chi connectivity index (χ0) is 30.9. The van der Waals surface area contributed by atoms with Gasteiger partial charge in [-0.2, -0.15) is 0 Å².